The Morgan fingerprint density at radius 3 is 2.71 bits per heavy atom. The Morgan fingerprint density at radius 2 is 1.95 bits per heavy atom. The van der Waals surface area contributed by atoms with Crippen molar-refractivity contribution in [2.45, 2.75) is 20.0 Å². The van der Waals surface area contributed by atoms with Gasteiger partial charge in [0.15, 0.2) is 0 Å². The van der Waals surface area contributed by atoms with Gasteiger partial charge in [0.05, 0.1) is 29.0 Å². The third-order valence-corrected chi connectivity index (χ3v) is 4.07. The van der Waals surface area contributed by atoms with Crippen molar-refractivity contribution < 1.29 is 4.42 Å². The number of nitrogens with zero attached hydrogens (tertiary/aromatic N) is 2. The molecule has 0 bridgehead atoms. The molecule has 1 aromatic carbocycles. The van der Waals surface area contributed by atoms with Gasteiger partial charge in [-0.3, -0.25) is 4.90 Å². The lowest BCUT2D eigenvalue weighted by Gasteiger charge is -2.17. The van der Waals surface area contributed by atoms with Crippen molar-refractivity contribution in [1.29, 1.82) is 0 Å². The second-order valence-electron chi connectivity index (χ2n) is 5.27. The first-order valence-electron chi connectivity index (χ1n) is 6.90. The fourth-order valence-corrected chi connectivity index (χ4v) is 2.71. The van der Waals surface area contributed by atoms with Gasteiger partial charge in [-0.25, -0.2) is 4.98 Å². The zero-order chi connectivity index (χ0) is 14.8. The van der Waals surface area contributed by atoms with Gasteiger partial charge in [0.2, 0.25) is 0 Å². The van der Waals surface area contributed by atoms with Crippen molar-refractivity contribution in [3.05, 3.63) is 64.7 Å². The van der Waals surface area contributed by atoms with Crippen molar-refractivity contribution in [3.8, 4) is 0 Å². The number of para-hydroxylation sites is 1. The lowest BCUT2D eigenvalue weighted by atomic mass is 10.1. The summed E-state index contributed by atoms with van der Waals surface area (Å²) in [4.78, 5) is 6.84. The van der Waals surface area contributed by atoms with Gasteiger partial charge in [-0.05, 0) is 37.7 Å². The molecular formula is C17H17ClN2O. The molecule has 4 heteroatoms. The molecule has 3 rings (SSSR count). The Bertz CT molecular complexity index is 753. The quantitative estimate of drug-likeness (QED) is 0.714. The number of rotatable bonds is 4. The standard InChI is InChI=1S/C17H17ClN2O/c1-12-14-7-3-4-8-15(14)19-16(17(12)18)11-20(2)10-13-6-5-9-21-13/h3-9H,10-11H2,1-2H3. The molecule has 0 atom stereocenters. The van der Waals surface area contributed by atoms with E-state index in [-0.39, 0.29) is 0 Å². The normalized spacial score (nSPS) is 11.4. The van der Waals surface area contributed by atoms with Gasteiger partial charge in [-0.2, -0.15) is 0 Å². The molecular weight excluding hydrogens is 284 g/mol. The van der Waals surface area contributed by atoms with Crippen LogP contribution in [0.2, 0.25) is 5.02 Å². The number of aryl methyl sites for hydroxylation is 1. The van der Waals surface area contributed by atoms with Crippen LogP contribution in [0.3, 0.4) is 0 Å². The minimum absolute atomic E-state index is 0.686. The number of fused-ring (bicyclic) bond motifs is 1. The molecule has 0 N–H and O–H groups in total. The average Bonchev–Trinajstić information content (AvgIpc) is 2.97. The first-order valence-corrected chi connectivity index (χ1v) is 7.27. The summed E-state index contributed by atoms with van der Waals surface area (Å²) in [5.74, 6) is 0.936. The maximum Gasteiger partial charge on any atom is 0.117 e. The number of halogens is 1. The lowest BCUT2D eigenvalue weighted by Crippen LogP contribution is -2.18. The predicted octanol–water partition coefficient (Wildman–Crippen LogP) is 4.42. The smallest absolute Gasteiger partial charge is 0.117 e. The van der Waals surface area contributed by atoms with Crippen molar-refractivity contribution in [2.24, 2.45) is 0 Å². The van der Waals surface area contributed by atoms with Crippen LogP contribution >= 0.6 is 11.6 Å². The molecule has 0 saturated carbocycles. The molecule has 0 radical (unpaired) electrons. The zero-order valence-electron chi connectivity index (χ0n) is 12.1. The van der Waals surface area contributed by atoms with E-state index in [1.54, 1.807) is 6.26 Å². The number of benzene rings is 1. The highest BCUT2D eigenvalue weighted by atomic mass is 35.5. The summed E-state index contributed by atoms with van der Waals surface area (Å²) >= 11 is 6.49. The Morgan fingerprint density at radius 1 is 1.14 bits per heavy atom. The first-order chi connectivity index (χ1) is 10.1. The highest BCUT2D eigenvalue weighted by Crippen LogP contribution is 2.27. The van der Waals surface area contributed by atoms with Crippen molar-refractivity contribution in [1.82, 2.24) is 9.88 Å². The van der Waals surface area contributed by atoms with Crippen LogP contribution < -0.4 is 0 Å². The number of aromatic nitrogens is 1. The van der Waals surface area contributed by atoms with Crippen molar-refractivity contribution in [3.63, 3.8) is 0 Å². The zero-order valence-corrected chi connectivity index (χ0v) is 12.9. The Labute approximate surface area is 129 Å². The van der Waals surface area contributed by atoms with Gasteiger partial charge >= 0.3 is 0 Å². The molecule has 2 aromatic heterocycles. The minimum atomic E-state index is 0.686. The minimum Gasteiger partial charge on any atom is -0.468 e. The lowest BCUT2D eigenvalue weighted by molar-refractivity contribution is 0.285. The topological polar surface area (TPSA) is 29.3 Å². The predicted molar refractivity (Wildman–Crippen MR) is 85.4 cm³/mol. The van der Waals surface area contributed by atoms with Crippen molar-refractivity contribution >= 4 is 22.5 Å². The summed E-state index contributed by atoms with van der Waals surface area (Å²) in [5, 5.41) is 1.86. The highest BCUT2D eigenvalue weighted by Gasteiger charge is 2.12. The van der Waals surface area contributed by atoms with Crippen LogP contribution in [-0.2, 0) is 13.1 Å². The van der Waals surface area contributed by atoms with E-state index in [0.29, 0.717) is 6.54 Å². The van der Waals surface area contributed by atoms with Crippen LogP contribution in [0.15, 0.2) is 47.1 Å². The number of furan rings is 1. The molecule has 108 valence electrons. The second kappa shape index (κ2) is 5.88. The first kappa shape index (κ1) is 14.1. The van der Waals surface area contributed by atoms with Gasteiger partial charge in [0.1, 0.15) is 5.76 Å². The van der Waals surface area contributed by atoms with E-state index in [1.807, 2.05) is 44.3 Å². The van der Waals surface area contributed by atoms with Gasteiger partial charge in [-0.1, -0.05) is 29.8 Å². The summed E-state index contributed by atoms with van der Waals surface area (Å²) in [6.07, 6.45) is 1.69. The van der Waals surface area contributed by atoms with Crippen LogP contribution in [0.4, 0.5) is 0 Å². The maximum absolute atomic E-state index is 6.49. The molecule has 0 aliphatic heterocycles. The SMILES string of the molecule is Cc1c(Cl)c(CN(C)Cc2ccco2)nc2ccccc12. The van der Waals surface area contributed by atoms with E-state index in [4.69, 9.17) is 21.0 Å². The molecule has 0 aliphatic rings. The van der Waals surface area contributed by atoms with E-state index in [2.05, 4.69) is 11.0 Å². The van der Waals surface area contributed by atoms with Crippen LogP contribution in [0.25, 0.3) is 10.9 Å². The summed E-state index contributed by atoms with van der Waals surface area (Å²) in [6.45, 7) is 3.46. The molecule has 0 spiro atoms. The molecule has 0 unspecified atom stereocenters. The molecule has 0 amide bonds. The monoisotopic (exact) mass is 300 g/mol. The Hall–Kier alpha value is -1.84. The molecule has 0 saturated heterocycles. The summed E-state index contributed by atoms with van der Waals surface area (Å²) < 4.78 is 5.37. The van der Waals surface area contributed by atoms with Crippen LogP contribution in [0.5, 0.6) is 0 Å². The Balaban J connectivity index is 1.88. The van der Waals surface area contributed by atoms with E-state index >= 15 is 0 Å². The third-order valence-electron chi connectivity index (χ3n) is 3.57. The number of hydrogen-bond acceptors (Lipinski definition) is 3. The summed E-state index contributed by atoms with van der Waals surface area (Å²) in [5.41, 5.74) is 2.98. The maximum atomic E-state index is 6.49. The number of hydrogen-bond donors (Lipinski definition) is 0. The van der Waals surface area contributed by atoms with Crippen LogP contribution in [0.1, 0.15) is 17.0 Å². The van der Waals surface area contributed by atoms with Gasteiger partial charge in [-0.15, -0.1) is 0 Å². The average molecular weight is 301 g/mol. The van der Waals surface area contributed by atoms with Gasteiger partial charge < -0.3 is 4.42 Å². The highest BCUT2D eigenvalue weighted by molar-refractivity contribution is 6.32. The van der Waals surface area contributed by atoms with E-state index in [1.165, 1.54) is 0 Å². The third kappa shape index (κ3) is 2.94. The molecule has 3 aromatic rings. The number of pyridine rings is 1. The summed E-state index contributed by atoms with van der Waals surface area (Å²) in [7, 11) is 2.03. The van der Waals surface area contributed by atoms with Crippen molar-refractivity contribution in [2.75, 3.05) is 7.05 Å². The fraction of sp³-hybridized carbons (Fsp3) is 0.235. The van der Waals surface area contributed by atoms with Crippen LogP contribution in [0, 0.1) is 6.92 Å². The van der Waals surface area contributed by atoms with E-state index in [9.17, 15) is 0 Å². The van der Waals surface area contributed by atoms with Crippen LogP contribution in [-0.4, -0.2) is 16.9 Å². The molecule has 0 aliphatic carbocycles. The molecule has 3 nitrogen and oxygen atoms in total. The second-order valence-corrected chi connectivity index (χ2v) is 5.64. The van der Waals surface area contributed by atoms with E-state index < -0.39 is 0 Å². The van der Waals surface area contributed by atoms with Gasteiger partial charge in [0.25, 0.3) is 0 Å². The fourth-order valence-electron chi connectivity index (χ4n) is 2.50. The van der Waals surface area contributed by atoms with E-state index in [0.717, 1.165) is 39.5 Å². The largest absolute Gasteiger partial charge is 0.468 e. The summed E-state index contributed by atoms with van der Waals surface area (Å²) in [6, 6.07) is 12.0. The van der Waals surface area contributed by atoms with Gasteiger partial charge in [0, 0.05) is 11.9 Å². The Kier molecular flexibility index (Phi) is 3.95. The molecule has 21 heavy (non-hydrogen) atoms. The molecule has 2 heterocycles. The molecule has 0 fully saturated rings.